The van der Waals surface area contributed by atoms with Gasteiger partial charge in [0.25, 0.3) is 17.6 Å². The molecular weight excluding hydrogens is 921 g/mol. The van der Waals surface area contributed by atoms with Crippen molar-refractivity contribution < 1.29 is 34.6 Å². The molecule has 0 unspecified atom stereocenters. The maximum Gasteiger partial charge on any atom is 0.296 e. The van der Waals surface area contributed by atoms with Crippen molar-refractivity contribution in [3.05, 3.63) is 246 Å². The number of hydrogen-bond donors (Lipinski definition) is 7. The van der Waals surface area contributed by atoms with E-state index in [0.717, 1.165) is 67.8 Å². The zero-order valence-corrected chi connectivity index (χ0v) is 39.1. The van der Waals surface area contributed by atoms with Gasteiger partial charge in [0.1, 0.15) is 6.29 Å². The van der Waals surface area contributed by atoms with Crippen LogP contribution in [0.4, 0.5) is 34.1 Å². The molecule has 0 aliphatic carbocycles. The second kappa shape index (κ2) is 26.6. The number of Topliss-reactive ketones (excluding diaryl/α,β-unsaturated/α-hetero) is 1. The van der Waals surface area contributed by atoms with E-state index in [1.165, 1.54) is 0 Å². The van der Waals surface area contributed by atoms with Crippen molar-refractivity contribution in [2.24, 2.45) is 16.1 Å². The number of benzene rings is 8. The van der Waals surface area contributed by atoms with Crippen LogP contribution in [0.5, 0.6) is 5.88 Å². The monoisotopic (exact) mass is 969 g/mol. The van der Waals surface area contributed by atoms with Crippen LogP contribution in [-0.2, 0) is 20.8 Å². The number of nitrogens with zero attached hydrogens (tertiary/aromatic N) is 2. The molecule has 364 valence electrons. The van der Waals surface area contributed by atoms with Gasteiger partial charge in [0.2, 0.25) is 11.8 Å². The van der Waals surface area contributed by atoms with Crippen molar-refractivity contribution in [1.82, 2.24) is 4.98 Å². The summed E-state index contributed by atoms with van der Waals surface area (Å²) in [7, 11) is 0. The first-order chi connectivity index (χ1) is 35.2. The first-order valence-corrected chi connectivity index (χ1v) is 22.5. The summed E-state index contributed by atoms with van der Waals surface area (Å²) in [6, 6.07) is 67.9. The minimum Gasteiger partial charge on any atom is -0.870 e. The van der Waals surface area contributed by atoms with Crippen molar-refractivity contribution in [3.8, 4) is 5.88 Å². The molecule has 0 saturated heterocycles. The number of hydrazine groups is 1. The molecule has 0 bridgehead atoms. The number of aromatic amines is 1. The van der Waals surface area contributed by atoms with Gasteiger partial charge in [-0.15, -0.1) is 5.11 Å². The molecule has 0 radical (unpaired) electrons. The Hall–Kier alpha value is -10.1. The molecule has 73 heavy (non-hydrogen) atoms. The van der Waals surface area contributed by atoms with Crippen molar-refractivity contribution in [2.75, 3.05) is 21.4 Å². The highest BCUT2D eigenvalue weighted by Crippen LogP contribution is 2.36. The van der Waals surface area contributed by atoms with Gasteiger partial charge in [-0.2, -0.15) is 5.11 Å². The van der Waals surface area contributed by atoms with Gasteiger partial charge in [0.05, 0.1) is 28.9 Å². The molecule has 0 fully saturated rings. The molecule has 9 aromatic rings. The van der Waals surface area contributed by atoms with Crippen molar-refractivity contribution in [2.45, 2.75) is 6.42 Å². The molecule has 15 nitrogen and oxygen atoms in total. The number of hydrogen-bond acceptors (Lipinski definition) is 11. The number of aldehydes is 1. The Morgan fingerprint density at radius 1 is 0.521 bits per heavy atom. The Labute approximate surface area is 420 Å². The van der Waals surface area contributed by atoms with E-state index in [4.69, 9.17) is 5.84 Å². The molecule has 12 rings (SSSR count). The van der Waals surface area contributed by atoms with Gasteiger partial charge in [0.15, 0.2) is 5.69 Å². The summed E-state index contributed by atoms with van der Waals surface area (Å²) in [6.07, 6.45) is 3.29. The molecular formula is C58H49N8O7-. The predicted molar refractivity (Wildman–Crippen MR) is 286 cm³/mol. The van der Waals surface area contributed by atoms with Gasteiger partial charge < -0.3 is 36.9 Å². The van der Waals surface area contributed by atoms with Gasteiger partial charge in [-0.05, 0) is 71.8 Å². The van der Waals surface area contributed by atoms with Gasteiger partial charge in [0, 0.05) is 39.1 Å². The number of carbonyl (C=O) groups excluding carboxylic acids is 5. The number of nitrogens with one attached hydrogen (secondary N) is 5. The maximum absolute atomic E-state index is 11.9. The number of rotatable bonds is 5. The minimum absolute atomic E-state index is 0. The number of fused-ring (bicyclic) bond motifs is 4. The van der Waals surface area contributed by atoms with E-state index in [9.17, 15) is 29.1 Å². The Morgan fingerprint density at radius 2 is 1.03 bits per heavy atom. The van der Waals surface area contributed by atoms with Gasteiger partial charge in [-0.1, -0.05) is 164 Å². The highest BCUT2D eigenvalue weighted by molar-refractivity contribution is 6.51. The molecule has 0 atom stereocenters. The zero-order valence-electron chi connectivity index (χ0n) is 39.1. The van der Waals surface area contributed by atoms with Crippen LogP contribution in [0.15, 0.2) is 229 Å². The number of aromatic hydroxyl groups is 1. The molecule has 4 heterocycles. The van der Waals surface area contributed by atoms with Crippen LogP contribution in [0.3, 0.4) is 0 Å². The summed E-state index contributed by atoms with van der Waals surface area (Å²) in [5, 5.41) is 26.9. The summed E-state index contributed by atoms with van der Waals surface area (Å²) >= 11 is 0. The number of anilines is 4. The molecule has 0 spiro atoms. The Bertz CT molecular complexity index is 3320. The lowest BCUT2D eigenvalue weighted by Crippen LogP contribution is -2.12. The van der Waals surface area contributed by atoms with Crippen LogP contribution in [-0.4, -0.2) is 45.4 Å². The third-order valence-electron chi connectivity index (χ3n) is 10.6. The number of nitrogens with two attached hydrogens (primary N) is 1. The van der Waals surface area contributed by atoms with E-state index in [0.29, 0.717) is 23.4 Å². The van der Waals surface area contributed by atoms with E-state index in [1.807, 2.05) is 188 Å². The molecule has 3 aliphatic rings. The molecule has 1 aromatic heterocycles. The summed E-state index contributed by atoms with van der Waals surface area (Å²) in [5.41, 5.74) is 13.0. The predicted octanol–water partition coefficient (Wildman–Crippen LogP) is 11.8. The van der Waals surface area contributed by atoms with Crippen LogP contribution in [0.1, 0.15) is 37.4 Å². The van der Waals surface area contributed by atoms with E-state index < -0.39 is 11.7 Å². The second-order valence-electron chi connectivity index (χ2n) is 15.6. The number of aromatic nitrogens is 1. The quantitative estimate of drug-likeness (QED) is 0.0216. The maximum atomic E-state index is 11.9. The number of amides is 3. The molecule has 0 saturated carbocycles. The van der Waals surface area contributed by atoms with Crippen molar-refractivity contribution >= 4 is 86.5 Å². The van der Waals surface area contributed by atoms with Gasteiger partial charge in [-0.25, -0.2) is 0 Å². The van der Waals surface area contributed by atoms with Crippen molar-refractivity contribution in [1.29, 1.82) is 0 Å². The SMILES string of the molecule is NNc1ccccc1.O=C1Cc2ccccc2N1.O=C1Nc2ccccc2/C1=C/c1ccccc1.O=C1Nc2ccccc2C1=O.O=Cc1ccccc1.Oc1[nH]c2ccccc2c1N=Nc1ccccc1.[OH-]. The Morgan fingerprint density at radius 3 is 1.62 bits per heavy atom. The largest absolute Gasteiger partial charge is 0.870 e. The average Bonchev–Trinajstić information content (AvgIpc) is 4.16. The lowest BCUT2D eigenvalue weighted by molar-refractivity contribution is -0.115. The number of ketones is 1. The van der Waals surface area contributed by atoms with E-state index in [2.05, 4.69) is 36.6 Å². The van der Waals surface area contributed by atoms with Crippen molar-refractivity contribution in [3.63, 3.8) is 0 Å². The fourth-order valence-corrected chi connectivity index (χ4v) is 7.14. The van der Waals surface area contributed by atoms with E-state index >= 15 is 0 Å². The number of para-hydroxylation sites is 5. The molecule has 3 amide bonds. The van der Waals surface area contributed by atoms with E-state index in [1.54, 1.807) is 36.4 Å². The fraction of sp³-hybridized carbons (Fsp3) is 0.0172. The van der Waals surface area contributed by atoms with Crippen LogP contribution in [0.25, 0.3) is 22.6 Å². The summed E-state index contributed by atoms with van der Waals surface area (Å²) in [5.74, 6) is 4.22. The number of azo groups is 1. The molecule has 3 aliphatic heterocycles. The normalized spacial score (nSPS) is 12.5. The van der Waals surface area contributed by atoms with E-state index in [-0.39, 0.29) is 23.2 Å². The van der Waals surface area contributed by atoms with Gasteiger partial charge >= 0.3 is 0 Å². The Kier molecular flexibility index (Phi) is 19.1. The first kappa shape index (κ1) is 52.3. The highest BCUT2D eigenvalue weighted by Gasteiger charge is 2.27. The van der Waals surface area contributed by atoms with Crippen LogP contribution in [0.2, 0.25) is 0 Å². The topological polar surface area (TPSA) is 250 Å². The van der Waals surface area contributed by atoms with Gasteiger partial charge in [-0.3, -0.25) is 29.8 Å². The number of nitrogen functional groups attached to an aromatic ring is 1. The fourth-order valence-electron chi connectivity index (χ4n) is 7.14. The summed E-state index contributed by atoms with van der Waals surface area (Å²) < 4.78 is 0. The molecule has 9 N–H and O–H groups in total. The summed E-state index contributed by atoms with van der Waals surface area (Å²) in [4.78, 5) is 57.3. The zero-order chi connectivity index (χ0) is 50.5. The summed E-state index contributed by atoms with van der Waals surface area (Å²) in [6.45, 7) is 0. The first-order valence-electron chi connectivity index (χ1n) is 22.5. The number of carbonyl (C=O) groups is 5. The van der Waals surface area contributed by atoms with Crippen LogP contribution in [0, 0.1) is 0 Å². The average molecular weight is 970 g/mol. The Balaban J connectivity index is 0.000000147. The lowest BCUT2D eigenvalue weighted by atomic mass is 10.0. The molecule has 15 heteroatoms. The smallest absolute Gasteiger partial charge is 0.296 e. The second-order valence-corrected chi connectivity index (χ2v) is 15.6. The number of H-pyrrole nitrogens is 1. The van der Waals surface area contributed by atoms with Crippen LogP contribution >= 0.6 is 0 Å². The minimum atomic E-state index is -0.536. The third kappa shape index (κ3) is 14.7. The lowest BCUT2D eigenvalue weighted by Gasteiger charge is -1.97. The van der Waals surface area contributed by atoms with Crippen LogP contribution < -0.4 is 27.2 Å². The molecule has 8 aromatic carbocycles. The highest BCUT2D eigenvalue weighted by atomic mass is 16.3. The standard InChI is InChI=1S/C15H11NO.C14H11N3O.C8H5NO2.C8H7NO.C7H6O.C6H8N2.H2O/c17-15-13(10-11-6-2-1-3-7-11)12-8-4-5-9-14(12)16-15;18-14-13(11-8-4-5-9-12(11)15-14)17-16-10-6-2-1-3-7-10;10-7-5-3-1-2-4-6(5)9-8(7)11;10-8-5-6-3-1-2-4-7(6)9-8;8-6-7-4-2-1-3-5-7;7-8-6-4-2-1-3-5-6;/h1-10H,(H,16,17);1-9,15,18H;1-4H,(H,9,10,11);1-4H,5H2,(H,9,10);1-6H;1-5,8H,7H2;1H2/p-1/b13-10-;;;;;;. The third-order valence-corrected chi connectivity index (χ3v) is 10.6.